The number of pyridine rings is 1. The third kappa shape index (κ3) is 3.26. The van der Waals surface area contributed by atoms with Crippen molar-refractivity contribution in [1.82, 2.24) is 9.88 Å². The Morgan fingerprint density at radius 2 is 1.88 bits per heavy atom. The molecular formula is C21H22N2O. The molecule has 0 saturated carbocycles. The van der Waals surface area contributed by atoms with Gasteiger partial charge < -0.3 is 4.74 Å². The molecule has 3 heteroatoms. The molecule has 1 aliphatic heterocycles. The number of benzene rings is 2. The number of hydrogen-bond acceptors (Lipinski definition) is 3. The van der Waals surface area contributed by atoms with Crippen molar-refractivity contribution in [3.05, 3.63) is 71.9 Å². The van der Waals surface area contributed by atoms with Gasteiger partial charge in [0, 0.05) is 36.8 Å². The predicted octanol–water partition coefficient (Wildman–Crippen LogP) is 4.20. The summed E-state index contributed by atoms with van der Waals surface area (Å²) in [6.07, 6.45) is 1.32. The molecule has 122 valence electrons. The summed E-state index contributed by atoms with van der Waals surface area (Å²) in [5, 5.41) is 1.10. The van der Waals surface area contributed by atoms with E-state index >= 15 is 0 Å². The van der Waals surface area contributed by atoms with Crippen molar-refractivity contribution in [2.45, 2.75) is 26.0 Å². The molecule has 1 aliphatic rings. The van der Waals surface area contributed by atoms with Crippen LogP contribution in [-0.4, -0.2) is 29.1 Å². The number of ether oxygens (including phenoxy) is 1. The molecule has 1 aromatic heterocycles. The van der Waals surface area contributed by atoms with Crippen LogP contribution in [0.15, 0.2) is 60.7 Å². The van der Waals surface area contributed by atoms with Gasteiger partial charge in [0.25, 0.3) is 0 Å². The summed E-state index contributed by atoms with van der Waals surface area (Å²) < 4.78 is 6.36. The van der Waals surface area contributed by atoms with Crippen LogP contribution in [0.4, 0.5) is 0 Å². The minimum Gasteiger partial charge on any atom is -0.488 e. The first-order valence-corrected chi connectivity index (χ1v) is 8.57. The van der Waals surface area contributed by atoms with Crippen LogP contribution in [0.25, 0.3) is 10.9 Å². The molecule has 0 bridgehead atoms. The average Bonchev–Trinajstić information content (AvgIpc) is 3.02. The number of fused-ring (bicyclic) bond motifs is 1. The Bertz CT molecular complexity index is 832. The second-order valence-corrected chi connectivity index (χ2v) is 6.53. The third-order valence-corrected chi connectivity index (χ3v) is 4.58. The zero-order valence-corrected chi connectivity index (χ0v) is 14.0. The molecule has 1 fully saturated rings. The van der Waals surface area contributed by atoms with E-state index in [1.807, 2.05) is 25.1 Å². The largest absolute Gasteiger partial charge is 0.488 e. The topological polar surface area (TPSA) is 25.4 Å². The van der Waals surface area contributed by atoms with Crippen LogP contribution < -0.4 is 4.74 Å². The van der Waals surface area contributed by atoms with Crippen molar-refractivity contribution in [2.75, 3.05) is 13.1 Å². The maximum absolute atomic E-state index is 6.36. The lowest BCUT2D eigenvalue weighted by Crippen LogP contribution is -2.24. The highest BCUT2D eigenvalue weighted by Gasteiger charge is 2.24. The van der Waals surface area contributed by atoms with E-state index in [2.05, 4.69) is 52.3 Å². The van der Waals surface area contributed by atoms with Crippen molar-refractivity contribution < 1.29 is 4.74 Å². The van der Waals surface area contributed by atoms with Crippen LogP contribution >= 0.6 is 0 Å². The molecule has 0 amide bonds. The fraction of sp³-hybridized carbons (Fsp3) is 0.286. The monoisotopic (exact) mass is 318 g/mol. The number of hydrogen-bond donors (Lipinski definition) is 0. The van der Waals surface area contributed by atoms with E-state index in [1.54, 1.807) is 0 Å². The molecule has 1 saturated heterocycles. The first-order chi connectivity index (χ1) is 11.8. The van der Waals surface area contributed by atoms with Crippen LogP contribution in [0.2, 0.25) is 0 Å². The standard InChI is InChI=1S/C21H22N2O/c1-16-13-21(19-9-5-6-10-20(19)22-16)24-18-11-12-23(15-18)14-17-7-3-2-4-8-17/h2-10,13,18H,11-12,14-15H2,1H3. The van der Waals surface area contributed by atoms with Crippen LogP contribution in [0.5, 0.6) is 5.75 Å². The van der Waals surface area contributed by atoms with Crippen molar-refractivity contribution in [1.29, 1.82) is 0 Å². The molecule has 0 spiro atoms. The maximum atomic E-state index is 6.36. The maximum Gasteiger partial charge on any atom is 0.130 e. The highest BCUT2D eigenvalue weighted by Crippen LogP contribution is 2.28. The van der Waals surface area contributed by atoms with Crippen LogP contribution in [0.1, 0.15) is 17.7 Å². The van der Waals surface area contributed by atoms with Gasteiger partial charge in [-0.15, -0.1) is 0 Å². The zero-order valence-electron chi connectivity index (χ0n) is 14.0. The average molecular weight is 318 g/mol. The molecule has 24 heavy (non-hydrogen) atoms. The van der Waals surface area contributed by atoms with Gasteiger partial charge in [-0.3, -0.25) is 9.88 Å². The highest BCUT2D eigenvalue weighted by molar-refractivity contribution is 5.85. The van der Waals surface area contributed by atoms with E-state index in [4.69, 9.17) is 4.74 Å². The summed E-state index contributed by atoms with van der Waals surface area (Å²) in [7, 11) is 0. The van der Waals surface area contributed by atoms with Gasteiger partial charge in [0.05, 0.1) is 5.52 Å². The van der Waals surface area contributed by atoms with E-state index in [1.165, 1.54) is 5.56 Å². The molecule has 3 aromatic rings. The van der Waals surface area contributed by atoms with Gasteiger partial charge in [-0.05, 0) is 31.0 Å². The molecule has 1 atom stereocenters. The SMILES string of the molecule is Cc1cc(OC2CCN(Cc3ccccc3)C2)c2ccccc2n1. The van der Waals surface area contributed by atoms with Gasteiger partial charge >= 0.3 is 0 Å². The molecule has 0 radical (unpaired) electrons. The highest BCUT2D eigenvalue weighted by atomic mass is 16.5. The second kappa shape index (κ2) is 6.62. The zero-order chi connectivity index (χ0) is 16.4. The first kappa shape index (κ1) is 15.2. The van der Waals surface area contributed by atoms with Gasteiger partial charge in [-0.2, -0.15) is 0 Å². The van der Waals surface area contributed by atoms with Gasteiger partial charge in [0.1, 0.15) is 11.9 Å². The Balaban J connectivity index is 1.47. The molecule has 0 N–H and O–H groups in total. The van der Waals surface area contributed by atoms with Crippen LogP contribution in [0.3, 0.4) is 0 Å². The summed E-state index contributed by atoms with van der Waals surface area (Å²) >= 11 is 0. The van der Waals surface area contributed by atoms with E-state index in [0.717, 1.165) is 48.4 Å². The number of para-hydroxylation sites is 1. The summed E-state index contributed by atoms with van der Waals surface area (Å²) in [4.78, 5) is 7.06. The van der Waals surface area contributed by atoms with Crippen molar-refractivity contribution in [3.8, 4) is 5.75 Å². The van der Waals surface area contributed by atoms with Crippen LogP contribution in [0, 0.1) is 6.92 Å². The summed E-state index contributed by atoms with van der Waals surface area (Å²) in [6.45, 7) is 5.08. The Hall–Kier alpha value is -2.39. The van der Waals surface area contributed by atoms with E-state index in [9.17, 15) is 0 Å². The number of rotatable bonds is 4. The molecule has 1 unspecified atom stereocenters. The van der Waals surface area contributed by atoms with Gasteiger partial charge in [0.15, 0.2) is 0 Å². The molecule has 3 nitrogen and oxygen atoms in total. The molecule has 2 heterocycles. The second-order valence-electron chi connectivity index (χ2n) is 6.53. The van der Waals surface area contributed by atoms with E-state index in [0.29, 0.717) is 0 Å². The number of likely N-dealkylation sites (tertiary alicyclic amines) is 1. The van der Waals surface area contributed by atoms with Crippen molar-refractivity contribution in [3.63, 3.8) is 0 Å². The van der Waals surface area contributed by atoms with Crippen LogP contribution in [-0.2, 0) is 6.54 Å². The van der Waals surface area contributed by atoms with Gasteiger partial charge in [0.2, 0.25) is 0 Å². The van der Waals surface area contributed by atoms with Gasteiger partial charge in [-0.25, -0.2) is 0 Å². The molecule has 4 rings (SSSR count). The lowest BCUT2D eigenvalue weighted by Gasteiger charge is -2.18. The lowest BCUT2D eigenvalue weighted by molar-refractivity contribution is 0.200. The number of aryl methyl sites for hydroxylation is 1. The predicted molar refractivity (Wildman–Crippen MR) is 97.2 cm³/mol. The number of nitrogens with zero attached hydrogens (tertiary/aromatic N) is 2. The minimum atomic E-state index is 0.249. The summed E-state index contributed by atoms with van der Waals surface area (Å²) in [5.74, 6) is 0.963. The van der Waals surface area contributed by atoms with Crippen molar-refractivity contribution in [2.24, 2.45) is 0 Å². The normalized spacial score (nSPS) is 18.1. The summed E-state index contributed by atoms with van der Waals surface area (Å²) in [5.41, 5.74) is 3.37. The first-order valence-electron chi connectivity index (χ1n) is 8.57. The fourth-order valence-electron chi connectivity index (χ4n) is 3.42. The quantitative estimate of drug-likeness (QED) is 0.721. The van der Waals surface area contributed by atoms with Crippen molar-refractivity contribution >= 4 is 10.9 Å². The number of aromatic nitrogens is 1. The lowest BCUT2D eigenvalue weighted by atomic mass is 10.2. The smallest absolute Gasteiger partial charge is 0.130 e. The minimum absolute atomic E-state index is 0.249. The fourth-order valence-corrected chi connectivity index (χ4v) is 3.42. The third-order valence-electron chi connectivity index (χ3n) is 4.58. The summed E-state index contributed by atoms with van der Waals surface area (Å²) in [6, 6.07) is 20.9. The molecular weight excluding hydrogens is 296 g/mol. The van der Waals surface area contributed by atoms with Gasteiger partial charge in [-0.1, -0.05) is 42.5 Å². The Morgan fingerprint density at radius 1 is 1.08 bits per heavy atom. The Kier molecular flexibility index (Phi) is 4.18. The Morgan fingerprint density at radius 3 is 2.75 bits per heavy atom. The van der Waals surface area contributed by atoms with E-state index in [-0.39, 0.29) is 6.10 Å². The molecule has 2 aromatic carbocycles. The Labute approximate surface area is 142 Å². The van der Waals surface area contributed by atoms with E-state index < -0.39 is 0 Å². The molecule has 0 aliphatic carbocycles.